The van der Waals surface area contributed by atoms with Crippen LogP contribution in [0.1, 0.15) is 40.0 Å². The van der Waals surface area contributed by atoms with E-state index in [0.29, 0.717) is 19.6 Å². The van der Waals surface area contributed by atoms with E-state index >= 15 is 0 Å². The highest BCUT2D eigenvalue weighted by Crippen LogP contribution is 2.19. The Kier molecular flexibility index (Phi) is 7.28. The lowest BCUT2D eigenvalue weighted by Gasteiger charge is -2.37. The lowest BCUT2D eigenvalue weighted by Crippen LogP contribution is -2.52. The molecule has 1 saturated heterocycles. The highest BCUT2D eigenvalue weighted by molar-refractivity contribution is 7.89. The van der Waals surface area contributed by atoms with Crippen LogP contribution in [0.5, 0.6) is 0 Å². The van der Waals surface area contributed by atoms with Gasteiger partial charge >= 0.3 is 0 Å². The molecule has 1 fully saturated rings. The highest BCUT2D eigenvalue weighted by atomic mass is 32.2. The molecule has 1 aliphatic rings. The quantitative estimate of drug-likeness (QED) is 0.683. The molecule has 0 saturated carbocycles. The monoisotopic (exact) mass is 292 g/mol. The molecule has 2 unspecified atom stereocenters. The molecule has 2 atom stereocenters. The molecule has 1 aliphatic heterocycles. The third-order valence-electron chi connectivity index (χ3n) is 3.43. The van der Waals surface area contributed by atoms with Gasteiger partial charge in [0.1, 0.15) is 0 Å². The molecular formula is C13H28N2O3S. The van der Waals surface area contributed by atoms with Gasteiger partial charge in [0.25, 0.3) is 0 Å². The molecule has 1 N–H and O–H groups in total. The number of nitrogens with zero attached hydrogens (tertiary/aromatic N) is 1. The zero-order chi connectivity index (χ0) is 14.3. The third-order valence-corrected chi connectivity index (χ3v) is 5.40. The summed E-state index contributed by atoms with van der Waals surface area (Å²) in [6.45, 7) is 8.77. The first-order valence-corrected chi connectivity index (χ1v) is 8.94. The minimum Gasteiger partial charge on any atom is -0.375 e. The second kappa shape index (κ2) is 8.19. The number of rotatable bonds is 8. The van der Waals surface area contributed by atoms with E-state index in [9.17, 15) is 8.42 Å². The first-order chi connectivity index (χ1) is 9.01. The van der Waals surface area contributed by atoms with Gasteiger partial charge in [-0.1, -0.05) is 13.8 Å². The van der Waals surface area contributed by atoms with Gasteiger partial charge in [0.05, 0.1) is 18.5 Å². The van der Waals surface area contributed by atoms with Gasteiger partial charge in [-0.05, 0) is 39.3 Å². The summed E-state index contributed by atoms with van der Waals surface area (Å²) in [4.78, 5) is 0. The summed E-state index contributed by atoms with van der Waals surface area (Å²) in [5.41, 5.74) is 0. The number of sulfonamides is 1. The van der Waals surface area contributed by atoms with E-state index < -0.39 is 10.0 Å². The lowest BCUT2D eigenvalue weighted by atomic mass is 10.2. The summed E-state index contributed by atoms with van der Waals surface area (Å²) >= 11 is 0. The van der Waals surface area contributed by atoms with Crippen LogP contribution in [0.2, 0.25) is 0 Å². The first-order valence-electron chi connectivity index (χ1n) is 7.33. The predicted molar refractivity (Wildman–Crippen MR) is 77.8 cm³/mol. The van der Waals surface area contributed by atoms with Gasteiger partial charge in [0, 0.05) is 12.6 Å². The Hall–Kier alpha value is -0.170. The largest absolute Gasteiger partial charge is 0.375 e. The van der Waals surface area contributed by atoms with Crippen molar-refractivity contribution in [2.75, 3.05) is 32.0 Å². The van der Waals surface area contributed by atoms with Crippen LogP contribution in [0, 0.1) is 0 Å². The normalized spacial score (nSPS) is 25.6. The van der Waals surface area contributed by atoms with Crippen LogP contribution in [-0.2, 0) is 14.8 Å². The smallest absolute Gasteiger partial charge is 0.214 e. The van der Waals surface area contributed by atoms with E-state index in [1.165, 1.54) is 0 Å². The van der Waals surface area contributed by atoms with Gasteiger partial charge in [-0.3, -0.25) is 0 Å². The Morgan fingerprint density at radius 3 is 2.68 bits per heavy atom. The molecule has 1 rings (SSSR count). The Bertz CT molecular complexity index is 346. The van der Waals surface area contributed by atoms with E-state index in [1.54, 1.807) is 4.31 Å². The second-order valence-electron chi connectivity index (χ2n) is 5.20. The topological polar surface area (TPSA) is 58.6 Å². The third kappa shape index (κ3) is 5.38. The minimum absolute atomic E-state index is 0.00390. The maximum atomic E-state index is 12.4. The van der Waals surface area contributed by atoms with Crippen molar-refractivity contribution in [2.45, 2.75) is 52.2 Å². The number of ether oxygens (including phenoxy) is 1. The Morgan fingerprint density at radius 1 is 1.32 bits per heavy atom. The average molecular weight is 292 g/mol. The number of morpholine rings is 1. The van der Waals surface area contributed by atoms with Gasteiger partial charge in [0.15, 0.2) is 0 Å². The van der Waals surface area contributed by atoms with Crippen LogP contribution >= 0.6 is 0 Å². The van der Waals surface area contributed by atoms with Crippen LogP contribution in [0.3, 0.4) is 0 Å². The number of hydrogen-bond donors (Lipinski definition) is 1. The van der Waals surface area contributed by atoms with Crippen molar-refractivity contribution in [3.63, 3.8) is 0 Å². The molecule has 114 valence electrons. The molecule has 6 heteroatoms. The molecule has 19 heavy (non-hydrogen) atoms. The van der Waals surface area contributed by atoms with Crippen LogP contribution in [0.25, 0.3) is 0 Å². The molecule has 1 heterocycles. The fourth-order valence-corrected chi connectivity index (χ4v) is 4.12. The van der Waals surface area contributed by atoms with E-state index in [2.05, 4.69) is 12.2 Å². The van der Waals surface area contributed by atoms with Gasteiger partial charge in [0.2, 0.25) is 10.0 Å². The predicted octanol–water partition coefficient (Wildman–Crippen LogP) is 1.21. The van der Waals surface area contributed by atoms with Crippen molar-refractivity contribution >= 4 is 10.0 Å². The second-order valence-corrected chi connectivity index (χ2v) is 7.24. The van der Waals surface area contributed by atoms with Crippen molar-refractivity contribution in [2.24, 2.45) is 0 Å². The summed E-state index contributed by atoms with van der Waals surface area (Å²) in [5.74, 6) is 0.229. The summed E-state index contributed by atoms with van der Waals surface area (Å²) in [7, 11) is -3.15. The van der Waals surface area contributed by atoms with Crippen LogP contribution in [0.4, 0.5) is 0 Å². The van der Waals surface area contributed by atoms with Crippen molar-refractivity contribution < 1.29 is 13.2 Å². The maximum Gasteiger partial charge on any atom is 0.214 e. The number of hydrogen-bond acceptors (Lipinski definition) is 4. The summed E-state index contributed by atoms with van der Waals surface area (Å²) in [6.07, 6.45) is 2.55. The van der Waals surface area contributed by atoms with Gasteiger partial charge in [-0.15, -0.1) is 0 Å². The summed E-state index contributed by atoms with van der Waals surface area (Å²) in [5, 5.41) is 3.24. The van der Waals surface area contributed by atoms with Crippen molar-refractivity contribution in [3.05, 3.63) is 0 Å². The first kappa shape index (κ1) is 16.9. The Morgan fingerprint density at radius 2 is 2.05 bits per heavy atom. The molecule has 0 aromatic carbocycles. The molecule has 5 nitrogen and oxygen atoms in total. The van der Waals surface area contributed by atoms with E-state index in [4.69, 9.17) is 4.74 Å². The van der Waals surface area contributed by atoms with Crippen molar-refractivity contribution in [1.29, 1.82) is 0 Å². The standard InChI is InChI=1S/C13H28N2O3S/c1-4-7-14-8-6-9-19(16,17)15-10-12(3)18-11-13(15)5-2/h12-14H,4-11H2,1-3H3. The van der Waals surface area contributed by atoms with Gasteiger partial charge in [-0.2, -0.15) is 4.31 Å². The van der Waals surface area contributed by atoms with Crippen LogP contribution in [-0.4, -0.2) is 56.9 Å². The maximum absolute atomic E-state index is 12.4. The molecule has 0 aromatic heterocycles. The zero-order valence-corrected chi connectivity index (χ0v) is 13.2. The summed E-state index contributed by atoms with van der Waals surface area (Å²) in [6, 6.07) is 0.00445. The van der Waals surface area contributed by atoms with Gasteiger partial charge < -0.3 is 10.1 Å². The fourth-order valence-electron chi connectivity index (χ4n) is 2.27. The van der Waals surface area contributed by atoms with Crippen molar-refractivity contribution in [1.82, 2.24) is 9.62 Å². The lowest BCUT2D eigenvalue weighted by molar-refractivity contribution is -0.0230. The molecule has 0 amide bonds. The highest BCUT2D eigenvalue weighted by Gasteiger charge is 2.33. The van der Waals surface area contributed by atoms with Crippen molar-refractivity contribution in [3.8, 4) is 0 Å². The molecule has 0 aliphatic carbocycles. The fraction of sp³-hybridized carbons (Fsp3) is 1.00. The molecule has 0 bridgehead atoms. The van der Waals surface area contributed by atoms with Crippen LogP contribution < -0.4 is 5.32 Å². The van der Waals surface area contributed by atoms with E-state index in [1.807, 2.05) is 13.8 Å². The number of nitrogens with one attached hydrogen (secondary N) is 1. The molecular weight excluding hydrogens is 264 g/mol. The van der Waals surface area contributed by atoms with Gasteiger partial charge in [-0.25, -0.2) is 8.42 Å². The Balaban J connectivity index is 2.49. The molecule has 0 radical (unpaired) electrons. The van der Waals surface area contributed by atoms with E-state index in [0.717, 1.165) is 25.9 Å². The Labute approximate surface area is 117 Å². The van der Waals surface area contributed by atoms with Crippen LogP contribution in [0.15, 0.2) is 0 Å². The summed E-state index contributed by atoms with van der Waals surface area (Å²) < 4.78 is 32.0. The zero-order valence-electron chi connectivity index (χ0n) is 12.4. The average Bonchev–Trinajstić information content (AvgIpc) is 2.38. The molecule has 0 aromatic rings. The molecule has 0 spiro atoms. The minimum atomic E-state index is -3.15. The van der Waals surface area contributed by atoms with E-state index in [-0.39, 0.29) is 17.9 Å². The SMILES string of the molecule is CCCNCCCS(=O)(=O)N1CC(C)OCC1CC.